The summed E-state index contributed by atoms with van der Waals surface area (Å²) in [6, 6.07) is 1.33. The molecule has 1 N–H and O–H groups in total. The van der Waals surface area contributed by atoms with Gasteiger partial charge in [-0.3, -0.25) is 9.59 Å². The van der Waals surface area contributed by atoms with Crippen LogP contribution in [-0.2, 0) is 21.9 Å². The van der Waals surface area contributed by atoms with Gasteiger partial charge in [-0.25, -0.2) is 8.42 Å². The van der Waals surface area contributed by atoms with Crippen LogP contribution in [0.15, 0.2) is 17.2 Å². The van der Waals surface area contributed by atoms with Gasteiger partial charge in [0.05, 0.1) is 0 Å². The van der Waals surface area contributed by atoms with Gasteiger partial charge in [0.15, 0.2) is 0 Å². The van der Waals surface area contributed by atoms with E-state index in [2.05, 4.69) is 0 Å². The molecule has 1 aliphatic rings. The lowest BCUT2D eigenvalue weighted by atomic mass is 10.2. The molecule has 1 aromatic heterocycles. The third-order valence-corrected chi connectivity index (χ3v) is 6.01. The molecule has 2 rings (SSSR count). The van der Waals surface area contributed by atoms with Crippen LogP contribution in [0, 0.1) is 0 Å². The number of amides is 1. The van der Waals surface area contributed by atoms with Crippen LogP contribution in [0.3, 0.4) is 0 Å². The van der Waals surface area contributed by atoms with Crippen LogP contribution in [0.2, 0.25) is 0 Å². The fourth-order valence-electron chi connectivity index (χ4n) is 2.79. The fourth-order valence-corrected chi connectivity index (χ4v) is 4.38. The Bertz CT molecular complexity index is 719. The summed E-state index contributed by atoms with van der Waals surface area (Å²) in [6.07, 6.45) is 4.09. The van der Waals surface area contributed by atoms with Crippen molar-refractivity contribution in [2.24, 2.45) is 7.05 Å². The first kappa shape index (κ1) is 18.5. The number of likely N-dealkylation sites (N-methyl/N-ethyl adjacent to an activating group) is 1. The number of carboxylic acids is 1. The molecule has 0 aromatic carbocycles. The quantitative estimate of drug-likeness (QED) is 0.810. The molecule has 0 spiro atoms. The number of sulfonamides is 1. The van der Waals surface area contributed by atoms with E-state index in [4.69, 9.17) is 5.11 Å². The molecule has 134 valence electrons. The van der Waals surface area contributed by atoms with Gasteiger partial charge in [0.1, 0.15) is 17.1 Å². The third kappa shape index (κ3) is 3.78. The Labute approximate surface area is 141 Å². The topological polar surface area (TPSA) is 99.9 Å². The summed E-state index contributed by atoms with van der Waals surface area (Å²) in [5.74, 6) is -1.61. The van der Waals surface area contributed by atoms with Crippen LogP contribution < -0.4 is 0 Å². The average Bonchev–Trinajstić information content (AvgIpc) is 2.95. The second-order valence-electron chi connectivity index (χ2n) is 5.85. The molecular formula is C15H23N3O5S. The second kappa shape index (κ2) is 7.35. The predicted molar refractivity (Wildman–Crippen MR) is 87.2 cm³/mol. The first-order chi connectivity index (χ1) is 11.3. The molecule has 2 heterocycles. The maximum atomic E-state index is 12.7. The highest BCUT2D eigenvalue weighted by Gasteiger charge is 2.29. The number of rotatable bonds is 6. The van der Waals surface area contributed by atoms with E-state index in [1.165, 1.54) is 21.1 Å². The van der Waals surface area contributed by atoms with Crippen molar-refractivity contribution in [3.8, 4) is 0 Å². The van der Waals surface area contributed by atoms with E-state index in [0.29, 0.717) is 13.1 Å². The lowest BCUT2D eigenvalue weighted by Gasteiger charge is -2.25. The molecule has 0 radical (unpaired) electrons. The van der Waals surface area contributed by atoms with Crippen LogP contribution in [0.4, 0.5) is 0 Å². The molecule has 1 aromatic rings. The van der Waals surface area contributed by atoms with Crippen LogP contribution in [-0.4, -0.2) is 65.4 Å². The smallest absolute Gasteiger partial charge is 0.323 e. The number of aryl methyl sites for hydroxylation is 1. The average molecular weight is 357 g/mol. The van der Waals surface area contributed by atoms with Crippen LogP contribution >= 0.6 is 0 Å². The van der Waals surface area contributed by atoms with Gasteiger partial charge in [-0.05, 0) is 25.8 Å². The standard InChI is InChI=1S/C15H23N3O5S/c1-3-17(11-14(19)20)15(21)13-9-12(10-16(13)2)24(22,23)18-7-5-4-6-8-18/h9-10H,3-8,11H2,1-2H3,(H,19,20). The van der Waals surface area contributed by atoms with Crippen LogP contribution in [0.1, 0.15) is 36.7 Å². The highest BCUT2D eigenvalue weighted by molar-refractivity contribution is 7.89. The van der Waals surface area contributed by atoms with Gasteiger partial charge in [0, 0.05) is 32.9 Å². The minimum atomic E-state index is -3.63. The SMILES string of the molecule is CCN(CC(=O)O)C(=O)c1cc(S(=O)(=O)N2CCCCC2)cn1C. The summed E-state index contributed by atoms with van der Waals surface area (Å²) in [6.45, 7) is 2.45. The number of carboxylic acid groups (broad SMARTS) is 1. The van der Waals surface area contributed by atoms with Crippen LogP contribution in [0.5, 0.6) is 0 Å². The van der Waals surface area contributed by atoms with Crippen LogP contribution in [0.25, 0.3) is 0 Å². The number of hydrogen-bond donors (Lipinski definition) is 1. The van der Waals surface area contributed by atoms with Crippen molar-refractivity contribution in [2.45, 2.75) is 31.1 Å². The van der Waals surface area contributed by atoms with Crippen molar-refractivity contribution in [3.63, 3.8) is 0 Å². The Balaban J connectivity index is 2.29. The van der Waals surface area contributed by atoms with Gasteiger partial charge in [-0.1, -0.05) is 6.42 Å². The zero-order valence-corrected chi connectivity index (χ0v) is 14.8. The molecule has 8 nitrogen and oxygen atoms in total. The molecule has 0 aliphatic carbocycles. The van der Waals surface area contributed by atoms with E-state index in [1.54, 1.807) is 14.0 Å². The van der Waals surface area contributed by atoms with Gasteiger partial charge in [0.25, 0.3) is 5.91 Å². The molecule has 0 atom stereocenters. The molecule has 1 fully saturated rings. The zero-order chi connectivity index (χ0) is 17.9. The minimum absolute atomic E-state index is 0.0710. The number of hydrogen-bond acceptors (Lipinski definition) is 4. The summed E-state index contributed by atoms with van der Waals surface area (Å²) in [5, 5.41) is 8.88. The van der Waals surface area contributed by atoms with E-state index in [0.717, 1.165) is 24.2 Å². The molecule has 24 heavy (non-hydrogen) atoms. The van der Waals surface area contributed by atoms with Gasteiger partial charge in [0.2, 0.25) is 10.0 Å². The molecule has 0 saturated carbocycles. The Morgan fingerprint density at radius 3 is 2.42 bits per heavy atom. The summed E-state index contributed by atoms with van der Waals surface area (Å²) in [7, 11) is -2.05. The second-order valence-corrected chi connectivity index (χ2v) is 7.79. The van der Waals surface area contributed by atoms with E-state index in [9.17, 15) is 18.0 Å². The van der Waals surface area contributed by atoms with Gasteiger partial charge >= 0.3 is 5.97 Å². The van der Waals surface area contributed by atoms with Crippen molar-refractivity contribution in [2.75, 3.05) is 26.2 Å². The molecule has 9 heteroatoms. The zero-order valence-electron chi connectivity index (χ0n) is 13.9. The van der Waals surface area contributed by atoms with Crippen molar-refractivity contribution in [3.05, 3.63) is 18.0 Å². The molecule has 1 amide bonds. The first-order valence-electron chi connectivity index (χ1n) is 7.95. The minimum Gasteiger partial charge on any atom is -0.480 e. The number of aromatic nitrogens is 1. The number of piperidine rings is 1. The lowest BCUT2D eigenvalue weighted by Crippen LogP contribution is -2.36. The Morgan fingerprint density at radius 2 is 1.88 bits per heavy atom. The molecule has 1 saturated heterocycles. The largest absolute Gasteiger partial charge is 0.480 e. The van der Waals surface area contributed by atoms with Crippen molar-refractivity contribution in [1.82, 2.24) is 13.8 Å². The predicted octanol–water partition coefficient (Wildman–Crippen LogP) is 0.746. The number of carbonyl (C=O) groups is 2. The van der Waals surface area contributed by atoms with Crippen molar-refractivity contribution in [1.29, 1.82) is 0 Å². The maximum Gasteiger partial charge on any atom is 0.323 e. The highest BCUT2D eigenvalue weighted by atomic mass is 32.2. The normalized spacial score (nSPS) is 16.1. The monoisotopic (exact) mass is 357 g/mol. The third-order valence-electron chi connectivity index (χ3n) is 4.15. The summed E-state index contributed by atoms with van der Waals surface area (Å²) in [5.41, 5.74) is 0.161. The summed E-state index contributed by atoms with van der Waals surface area (Å²) >= 11 is 0. The lowest BCUT2D eigenvalue weighted by molar-refractivity contribution is -0.137. The van der Waals surface area contributed by atoms with E-state index in [1.807, 2.05) is 0 Å². The van der Waals surface area contributed by atoms with Gasteiger partial charge in [-0.15, -0.1) is 0 Å². The Morgan fingerprint density at radius 1 is 1.25 bits per heavy atom. The first-order valence-corrected chi connectivity index (χ1v) is 9.39. The summed E-state index contributed by atoms with van der Waals surface area (Å²) < 4.78 is 28.2. The Kier molecular flexibility index (Phi) is 5.66. The van der Waals surface area contributed by atoms with Crippen molar-refractivity contribution >= 4 is 21.9 Å². The van der Waals surface area contributed by atoms with Crippen molar-refractivity contribution < 1.29 is 23.1 Å². The number of nitrogens with zero attached hydrogens (tertiary/aromatic N) is 3. The summed E-state index contributed by atoms with van der Waals surface area (Å²) in [4.78, 5) is 24.6. The molecule has 0 unspecified atom stereocenters. The Hall–Kier alpha value is -1.87. The van der Waals surface area contributed by atoms with E-state index in [-0.39, 0.29) is 17.1 Å². The molecular weight excluding hydrogens is 334 g/mol. The number of aliphatic carboxylic acids is 1. The maximum absolute atomic E-state index is 12.7. The van der Waals surface area contributed by atoms with Gasteiger partial charge < -0.3 is 14.6 Å². The molecule has 0 bridgehead atoms. The van der Waals surface area contributed by atoms with E-state index < -0.39 is 28.4 Å². The number of carbonyl (C=O) groups excluding carboxylic acids is 1. The van der Waals surface area contributed by atoms with Gasteiger partial charge in [-0.2, -0.15) is 4.31 Å². The fraction of sp³-hybridized carbons (Fsp3) is 0.600. The highest BCUT2D eigenvalue weighted by Crippen LogP contribution is 2.22. The van der Waals surface area contributed by atoms with E-state index >= 15 is 0 Å². The molecule has 1 aliphatic heterocycles.